The first kappa shape index (κ1) is 25.4. The summed E-state index contributed by atoms with van der Waals surface area (Å²) in [5.74, 6) is -3.00. The van der Waals surface area contributed by atoms with E-state index < -0.39 is 38.3 Å². The number of carbonyl (C=O) groups excluding carboxylic acids is 1. The first-order chi connectivity index (χ1) is 17.7. The van der Waals surface area contributed by atoms with Crippen molar-refractivity contribution in [2.24, 2.45) is 5.92 Å². The SMILES string of the molecule is O=C(C1CCN(S(=O)(=O)c2cc(F)ccc2F)CC1)N(Cc1ccccc1)c1nc2ccc(F)cc2s1. The third kappa shape index (κ3) is 5.25. The molecule has 1 aliphatic rings. The van der Waals surface area contributed by atoms with E-state index in [1.807, 2.05) is 30.3 Å². The topological polar surface area (TPSA) is 70.6 Å². The Hall–Kier alpha value is -3.28. The van der Waals surface area contributed by atoms with E-state index in [9.17, 15) is 26.4 Å². The Morgan fingerprint density at radius 1 is 0.973 bits per heavy atom. The van der Waals surface area contributed by atoms with E-state index >= 15 is 0 Å². The molecule has 1 aromatic heterocycles. The maximum Gasteiger partial charge on any atom is 0.246 e. The molecule has 0 N–H and O–H groups in total. The van der Waals surface area contributed by atoms with Gasteiger partial charge in [-0.15, -0.1) is 0 Å². The maximum atomic E-state index is 14.2. The molecule has 1 fully saturated rings. The van der Waals surface area contributed by atoms with Crippen molar-refractivity contribution in [1.29, 1.82) is 0 Å². The van der Waals surface area contributed by atoms with Gasteiger partial charge in [0, 0.05) is 19.0 Å². The lowest BCUT2D eigenvalue weighted by Gasteiger charge is -2.33. The standard InChI is InChI=1S/C26H22F3N3O3S2/c27-19-7-9-22-23(14-19)36-26(30-22)32(16-17-4-2-1-3-5-17)25(33)18-10-12-31(13-11-18)37(34,35)24-15-20(28)6-8-21(24)29/h1-9,14-15,18H,10-13,16H2. The van der Waals surface area contributed by atoms with Crippen LogP contribution in [0.5, 0.6) is 0 Å². The minimum atomic E-state index is -4.26. The van der Waals surface area contributed by atoms with Gasteiger partial charge < -0.3 is 0 Å². The summed E-state index contributed by atoms with van der Waals surface area (Å²) in [6.45, 7) is 0.215. The molecule has 192 valence electrons. The molecule has 0 radical (unpaired) electrons. The predicted octanol–water partition coefficient (Wildman–Crippen LogP) is 5.35. The molecule has 4 aromatic rings. The van der Waals surface area contributed by atoms with Crippen LogP contribution in [-0.4, -0.2) is 36.7 Å². The third-order valence-corrected chi connectivity index (χ3v) is 9.29. The zero-order valence-corrected chi connectivity index (χ0v) is 21.1. The molecule has 0 unspecified atom stereocenters. The maximum absolute atomic E-state index is 14.2. The summed E-state index contributed by atoms with van der Waals surface area (Å²) in [6, 6.07) is 15.9. The summed E-state index contributed by atoms with van der Waals surface area (Å²) < 4.78 is 69.1. The van der Waals surface area contributed by atoms with Crippen LogP contribution in [0.25, 0.3) is 10.2 Å². The van der Waals surface area contributed by atoms with Crippen molar-refractivity contribution < 1.29 is 26.4 Å². The van der Waals surface area contributed by atoms with Crippen molar-refractivity contribution in [3.05, 3.63) is 89.7 Å². The molecule has 0 bridgehead atoms. The number of anilines is 1. The summed E-state index contributed by atoms with van der Waals surface area (Å²) in [7, 11) is -4.26. The van der Waals surface area contributed by atoms with E-state index in [1.165, 1.54) is 23.5 Å². The minimum Gasteiger partial charge on any atom is -0.283 e. The number of thiazole rings is 1. The number of hydrogen-bond acceptors (Lipinski definition) is 5. The fourth-order valence-corrected chi connectivity index (χ4v) is 6.93. The van der Waals surface area contributed by atoms with Crippen LogP contribution in [-0.2, 0) is 21.4 Å². The Kier molecular flexibility index (Phi) is 7.02. The molecule has 2 heterocycles. The molecule has 5 rings (SSSR count). The fraction of sp³-hybridized carbons (Fsp3) is 0.231. The van der Waals surface area contributed by atoms with Crippen LogP contribution < -0.4 is 4.90 Å². The molecule has 37 heavy (non-hydrogen) atoms. The van der Waals surface area contributed by atoms with Gasteiger partial charge in [-0.25, -0.2) is 26.6 Å². The highest BCUT2D eigenvalue weighted by Crippen LogP contribution is 2.33. The molecule has 11 heteroatoms. The van der Waals surface area contributed by atoms with Gasteiger partial charge in [-0.05, 0) is 54.8 Å². The van der Waals surface area contributed by atoms with Gasteiger partial charge in [-0.2, -0.15) is 4.31 Å². The lowest BCUT2D eigenvalue weighted by atomic mass is 9.96. The molecule has 0 saturated carbocycles. The molecular weight excluding hydrogens is 523 g/mol. The van der Waals surface area contributed by atoms with E-state index in [2.05, 4.69) is 4.98 Å². The van der Waals surface area contributed by atoms with Gasteiger partial charge in [0.05, 0.1) is 16.8 Å². The molecule has 3 aromatic carbocycles. The quantitative estimate of drug-likeness (QED) is 0.328. The van der Waals surface area contributed by atoms with E-state index in [0.29, 0.717) is 21.4 Å². The van der Waals surface area contributed by atoms with Crippen LogP contribution in [0.3, 0.4) is 0 Å². The Bertz CT molecular complexity index is 1550. The Morgan fingerprint density at radius 3 is 2.38 bits per heavy atom. The number of halogens is 3. The second-order valence-corrected chi connectivity index (χ2v) is 11.7. The first-order valence-corrected chi connectivity index (χ1v) is 13.8. The summed E-state index contributed by atoms with van der Waals surface area (Å²) in [5, 5.41) is 0.423. The number of aromatic nitrogens is 1. The Labute approximate surface area is 216 Å². The summed E-state index contributed by atoms with van der Waals surface area (Å²) >= 11 is 1.21. The molecule has 0 aliphatic carbocycles. The van der Waals surface area contributed by atoms with Gasteiger partial charge in [0.1, 0.15) is 22.3 Å². The van der Waals surface area contributed by atoms with Crippen LogP contribution in [0.4, 0.5) is 18.3 Å². The number of benzene rings is 3. The average molecular weight is 546 g/mol. The fourth-order valence-electron chi connectivity index (χ4n) is 4.39. The second kappa shape index (κ2) is 10.2. The van der Waals surface area contributed by atoms with E-state index in [0.717, 1.165) is 22.0 Å². The largest absolute Gasteiger partial charge is 0.283 e. The monoisotopic (exact) mass is 545 g/mol. The van der Waals surface area contributed by atoms with E-state index in [4.69, 9.17) is 0 Å². The van der Waals surface area contributed by atoms with Gasteiger partial charge in [-0.3, -0.25) is 9.69 Å². The van der Waals surface area contributed by atoms with Gasteiger partial charge in [-0.1, -0.05) is 41.7 Å². The highest BCUT2D eigenvalue weighted by atomic mass is 32.2. The molecule has 1 amide bonds. The van der Waals surface area contributed by atoms with Gasteiger partial charge in [0.25, 0.3) is 0 Å². The number of hydrogen-bond donors (Lipinski definition) is 0. The minimum absolute atomic E-state index is 0.0150. The lowest BCUT2D eigenvalue weighted by molar-refractivity contribution is -0.123. The molecule has 0 spiro atoms. The molecule has 1 saturated heterocycles. The number of rotatable bonds is 6. The predicted molar refractivity (Wildman–Crippen MR) is 135 cm³/mol. The smallest absolute Gasteiger partial charge is 0.246 e. The van der Waals surface area contributed by atoms with Crippen molar-refractivity contribution in [3.63, 3.8) is 0 Å². The number of amides is 1. The molecule has 1 aliphatic heterocycles. The number of sulfonamides is 1. The number of carbonyl (C=O) groups is 1. The van der Waals surface area contributed by atoms with Crippen LogP contribution in [0.1, 0.15) is 18.4 Å². The summed E-state index contributed by atoms with van der Waals surface area (Å²) in [6.07, 6.45) is 0.416. The molecular formula is C26H22F3N3O3S2. The van der Waals surface area contributed by atoms with Crippen molar-refractivity contribution in [2.45, 2.75) is 24.3 Å². The van der Waals surface area contributed by atoms with Crippen molar-refractivity contribution in [2.75, 3.05) is 18.0 Å². The second-order valence-electron chi connectivity index (χ2n) is 8.77. The summed E-state index contributed by atoms with van der Waals surface area (Å²) in [5.41, 5.74) is 1.45. The third-order valence-electron chi connectivity index (χ3n) is 6.33. The van der Waals surface area contributed by atoms with Crippen LogP contribution in [0.15, 0.2) is 71.6 Å². The van der Waals surface area contributed by atoms with Gasteiger partial charge in [0.2, 0.25) is 15.9 Å². The van der Waals surface area contributed by atoms with Crippen molar-refractivity contribution in [1.82, 2.24) is 9.29 Å². The Balaban J connectivity index is 1.38. The van der Waals surface area contributed by atoms with E-state index in [-0.39, 0.29) is 38.4 Å². The van der Waals surface area contributed by atoms with Crippen molar-refractivity contribution in [3.8, 4) is 0 Å². The average Bonchev–Trinajstić information content (AvgIpc) is 3.32. The van der Waals surface area contributed by atoms with Gasteiger partial charge >= 0.3 is 0 Å². The Morgan fingerprint density at radius 2 is 1.65 bits per heavy atom. The number of fused-ring (bicyclic) bond motifs is 1. The molecule has 6 nitrogen and oxygen atoms in total. The van der Waals surface area contributed by atoms with Crippen LogP contribution in [0, 0.1) is 23.4 Å². The van der Waals surface area contributed by atoms with Gasteiger partial charge in [0.15, 0.2) is 5.13 Å². The highest BCUT2D eigenvalue weighted by molar-refractivity contribution is 7.89. The van der Waals surface area contributed by atoms with Crippen molar-refractivity contribution >= 4 is 42.6 Å². The highest BCUT2D eigenvalue weighted by Gasteiger charge is 2.36. The summed E-state index contributed by atoms with van der Waals surface area (Å²) in [4.78, 5) is 19.1. The molecule has 0 atom stereocenters. The zero-order valence-electron chi connectivity index (χ0n) is 19.5. The lowest BCUT2D eigenvalue weighted by Crippen LogP contribution is -2.44. The van der Waals surface area contributed by atoms with E-state index in [1.54, 1.807) is 11.0 Å². The van der Waals surface area contributed by atoms with Crippen LogP contribution >= 0.6 is 11.3 Å². The normalized spacial score (nSPS) is 15.2. The first-order valence-electron chi connectivity index (χ1n) is 11.6. The number of nitrogens with zero attached hydrogens (tertiary/aromatic N) is 3. The number of piperidine rings is 1. The zero-order chi connectivity index (χ0) is 26.2. The van der Waals surface area contributed by atoms with Crippen LogP contribution in [0.2, 0.25) is 0 Å².